The fraction of sp³-hybridized carbons (Fsp3) is 0.333. The SMILES string of the molecule is Cc1ccc(SN2CCCN(CC(=O)N/N=C/c3cc(Cl)cc(Cl)c3O)CC2)cc1. The number of phenolic OH excluding ortho intramolecular Hbond substituents is 1. The Balaban J connectivity index is 1.46. The van der Waals surface area contributed by atoms with Crippen LogP contribution in [0, 0.1) is 6.92 Å². The Morgan fingerprint density at radius 3 is 2.73 bits per heavy atom. The summed E-state index contributed by atoms with van der Waals surface area (Å²) in [6, 6.07) is 11.5. The van der Waals surface area contributed by atoms with Crippen LogP contribution in [0.5, 0.6) is 5.75 Å². The number of phenols is 1. The normalized spacial score (nSPS) is 16.0. The summed E-state index contributed by atoms with van der Waals surface area (Å²) in [4.78, 5) is 15.6. The van der Waals surface area contributed by atoms with Crippen LogP contribution in [-0.4, -0.2) is 59.2 Å². The molecule has 0 saturated carbocycles. The van der Waals surface area contributed by atoms with E-state index in [-0.39, 0.29) is 23.2 Å². The first-order valence-electron chi connectivity index (χ1n) is 9.62. The van der Waals surface area contributed by atoms with Gasteiger partial charge in [-0.2, -0.15) is 5.10 Å². The molecule has 1 saturated heterocycles. The summed E-state index contributed by atoms with van der Waals surface area (Å²) in [6.45, 7) is 5.87. The van der Waals surface area contributed by atoms with E-state index >= 15 is 0 Å². The van der Waals surface area contributed by atoms with Crippen molar-refractivity contribution < 1.29 is 9.90 Å². The van der Waals surface area contributed by atoms with Gasteiger partial charge in [-0.3, -0.25) is 9.69 Å². The molecule has 1 fully saturated rings. The van der Waals surface area contributed by atoms with Gasteiger partial charge in [-0.25, -0.2) is 9.73 Å². The van der Waals surface area contributed by atoms with Gasteiger partial charge in [0.1, 0.15) is 5.75 Å². The third kappa shape index (κ3) is 6.89. The average Bonchev–Trinajstić information content (AvgIpc) is 2.92. The van der Waals surface area contributed by atoms with Crippen LogP contribution in [0.15, 0.2) is 46.4 Å². The van der Waals surface area contributed by atoms with Gasteiger partial charge in [0.15, 0.2) is 0 Å². The first-order valence-corrected chi connectivity index (χ1v) is 11.2. The Labute approximate surface area is 191 Å². The highest BCUT2D eigenvalue weighted by atomic mass is 35.5. The molecule has 2 aromatic carbocycles. The van der Waals surface area contributed by atoms with Crippen LogP contribution in [0.3, 0.4) is 0 Å². The Hall–Kier alpha value is -1.77. The van der Waals surface area contributed by atoms with E-state index in [4.69, 9.17) is 23.2 Å². The number of hydrogen-bond acceptors (Lipinski definition) is 6. The minimum Gasteiger partial charge on any atom is -0.506 e. The minimum atomic E-state index is -0.210. The first kappa shape index (κ1) is 22.9. The molecule has 6 nitrogen and oxygen atoms in total. The summed E-state index contributed by atoms with van der Waals surface area (Å²) < 4.78 is 2.34. The molecule has 1 heterocycles. The molecule has 2 aromatic rings. The van der Waals surface area contributed by atoms with E-state index in [1.165, 1.54) is 28.8 Å². The van der Waals surface area contributed by atoms with Crippen molar-refractivity contribution in [3.63, 3.8) is 0 Å². The zero-order chi connectivity index (χ0) is 21.5. The number of carbonyl (C=O) groups is 1. The molecule has 1 aliphatic heterocycles. The molecule has 0 bridgehead atoms. The first-order chi connectivity index (χ1) is 14.4. The molecule has 1 aliphatic rings. The molecular formula is C21H24Cl2N4O2S. The molecule has 0 atom stereocenters. The largest absolute Gasteiger partial charge is 0.506 e. The summed E-state index contributed by atoms with van der Waals surface area (Å²) in [5.74, 6) is -0.337. The topological polar surface area (TPSA) is 68.2 Å². The Morgan fingerprint density at radius 1 is 1.20 bits per heavy atom. The number of nitrogens with one attached hydrogen (secondary N) is 1. The molecule has 2 N–H and O–H groups in total. The maximum Gasteiger partial charge on any atom is 0.254 e. The van der Waals surface area contributed by atoms with Crippen LogP contribution in [-0.2, 0) is 4.79 Å². The zero-order valence-electron chi connectivity index (χ0n) is 16.6. The number of benzene rings is 2. The van der Waals surface area contributed by atoms with E-state index in [1.807, 2.05) is 0 Å². The van der Waals surface area contributed by atoms with Crippen LogP contribution < -0.4 is 5.43 Å². The van der Waals surface area contributed by atoms with E-state index < -0.39 is 0 Å². The Kier molecular flexibility index (Phi) is 8.41. The molecule has 9 heteroatoms. The summed E-state index contributed by atoms with van der Waals surface area (Å²) in [7, 11) is 0. The number of aromatic hydroxyl groups is 1. The fourth-order valence-corrected chi connectivity index (χ4v) is 4.50. The predicted octanol–water partition coefficient (Wildman–Crippen LogP) is 4.17. The van der Waals surface area contributed by atoms with E-state index in [0.717, 1.165) is 32.6 Å². The van der Waals surface area contributed by atoms with Crippen LogP contribution in [0.25, 0.3) is 0 Å². The predicted molar refractivity (Wildman–Crippen MR) is 124 cm³/mol. The monoisotopic (exact) mass is 466 g/mol. The minimum absolute atomic E-state index is 0.127. The van der Waals surface area contributed by atoms with Crippen LogP contribution >= 0.6 is 35.1 Å². The summed E-state index contributed by atoms with van der Waals surface area (Å²) in [5, 5.41) is 14.3. The highest BCUT2D eigenvalue weighted by molar-refractivity contribution is 7.97. The maximum absolute atomic E-state index is 12.2. The van der Waals surface area contributed by atoms with Gasteiger partial charge in [0.25, 0.3) is 5.91 Å². The van der Waals surface area contributed by atoms with Gasteiger partial charge in [0.2, 0.25) is 0 Å². The number of amides is 1. The number of aryl methyl sites for hydroxylation is 1. The lowest BCUT2D eigenvalue weighted by atomic mass is 10.2. The molecule has 160 valence electrons. The molecule has 0 spiro atoms. The van der Waals surface area contributed by atoms with E-state index in [9.17, 15) is 9.90 Å². The number of rotatable bonds is 6. The lowest BCUT2D eigenvalue weighted by Gasteiger charge is -2.20. The van der Waals surface area contributed by atoms with Crippen molar-refractivity contribution in [1.82, 2.24) is 14.6 Å². The molecule has 0 unspecified atom stereocenters. The van der Waals surface area contributed by atoms with Gasteiger partial charge in [-0.1, -0.05) is 40.9 Å². The van der Waals surface area contributed by atoms with Crippen LogP contribution in [0.2, 0.25) is 10.0 Å². The van der Waals surface area contributed by atoms with E-state index in [2.05, 4.69) is 50.9 Å². The smallest absolute Gasteiger partial charge is 0.254 e. The molecule has 30 heavy (non-hydrogen) atoms. The van der Waals surface area contributed by atoms with Gasteiger partial charge in [-0.05, 0) is 56.1 Å². The number of halogens is 2. The van der Waals surface area contributed by atoms with E-state index in [1.54, 1.807) is 11.9 Å². The molecule has 0 radical (unpaired) electrons. The summed E-state index contributed by atoms with van der Waals surface area (Å²) in [5.41, 5.74) is 4.09. The lowest BCUT2D eigenvalue weighted by molar-refractivity contribution is -0.122. The highest BCUT2D eigenvalue weighted by Gasteiger charge is 2.17. The van der Waals surface area contributed by atoms with Crippen molar-refractivity contribution >= 4 is 47.3 Å². The van der Waals surface area contributed by atoms with Gasteiger partial charge in [0, 0.05) is 35.1 Å². The van der Waals surface area contributed by atoms with Crippen molar-refractivity contribution in [2.45, 2.75) is 18.2 Å². The van der Waals surface area contributed by atoms with E-state index in [0.29, 0.717) is 10.6 Å². The Bertz CT molecular complexity index is 909. The standard InChI is InChI=1S/C21H24Cl2N4O2S/c1-15-3-5-18(6-4-15)30-27-8-2-7-26(9-10-27)14-20(28)25-24-13-16-11-17(22)12-19(23)21(16)29/h3-6,11-13,29H,2,7-10,14H2,1H3,(H,25,28)/b24-13+. The van der Waals surface area contributed by atoms with Crippen LogP contribution in [0.4, 0.5) is 0 Å². The lowest BCUT2D eigenvalue weighted by Crippen LogP contribution is -2.37. The Morgan fingerprint density at radius 2 is 1.97 bits per heavy atom. The molecular weight excluding hydrogens is 443 g/mol. The van der Waals surface area contributed by atoms with Gasteiger partial charge in [-0.15, -0.1) is 0 Å². The number of hydrogen-bond donors (Lipinski definition) is 2. The maximum atomic E-state index is 12.2. The van der Waals surface area contributed by atoms with Gasteiger partial charge in [0.05, 0.1) is 17.8 Å². The summed E-state index contributed by atoms with van der Waals surface area (Å²) >= 11 is 13.6. The van der Waals surface area contributed by atoms with Crippen molar-refractivity contribution in [3.05, 3.63) is 57.6 Å². The second kappa shape index (κ2) is 11.0. The summed E-state index contributed by atoms with van der Waals surface area (Å²) in [6.07, 6.45) is 2.32. The van der Waals surface area contributed by atoms with Crippen molar-refractivity contribution in [2.75, 3.05) is 32.7 Å². The number of carbonyl (C=O) groups excluding carboxylic acids is 1. The highest BCUT2D eigenvalue weighted by Crippen LogP contribution is 2.30. The average molecular weight is 467 g/mol. The van der Waals surface area contributed by atoms with Gasteiger partial charge >= 0.3 is 0 Å². The van der Waals surface area contributed by atoms with Crippen molar-refractivity contribution in [2.24, 2.45) is 5.10 Å². The third-order valence-corrected chi connectivity index (χ3v) is 6.23. The van der Waals surface area contributed by atoms with Crippen LogP contribution in [0.1, 0.15) is 17.5 Å². The molecule has 1 amide bonds. The molecule has 0 aliphatic carbocycles. The number of hydrazone groups is 1. The number of nitrogens with zero attached hydrogens (tertiary/aromatic N) is 3. The second-order valence-corrected chi connectivity index (χ2v) is 9.10. The molecule has 3 rings (SSSR count). The van der Waals surface area contributed by atoms with Gasteiger partial charge < -0.3 is 5.11 Å². The quantitative estimate of drug-likeness (QED) is 0.379. The molecule has 0 aromatic heterocycles. The zero-order valence-corrected chi connectivity index (χ0v) is 19.0. The fourth-order valence-electron chi connectivity index (χ4n) is 3.04. The third-order valence-electron chi connectivity index (χ3n) is 4.62. The second-order valence-electron chi connectivity index (χ2n) is 7.08. The van der Waals surface area contributed by atoms with Crippen molar-refractivity contribution in [1.29, 1.82) is 0 Å². The van der Waals surface area contributed by atoms with Crippen molar-refractivity contribution in [3.8, 4) is 5.75 Å².